The molecule has 1 rings (SSSR count). The zero-order chi connectivity index (χ0) is 9.14. The van der Waals surface area contributed by atoms with Gasteiger partial charge in [0.1, 0.15) is 5.82 Å². The largest absolute Gasteiger partial charge is 0.300 e. The number of benzene rings is 1. The third kappa shape index (κ3) is 1.94. The van der Waals surface area contributed by atoms with Crippen LogP contribution in [0, 0.1) is 12.7 Å². The van der Waals surface area contributed by atoms with E-state index in [4.69, 9.17) is 17.5 Å². The van der Waals surface area contributed by atoms with E-state index in [0.29, 0.717) is 16.1 Å². The van der Waals surface area contributed by atoms with Gasteiger partial charge in [0.2, 0.25) is 0 Å². The van der Waals surface area contributed by atoms with Crippen molar-refractivity contribution in [1.82, 2.24) is 0 Å². The monoisotopic (exact) mass is 189 g/mol. The lowest BCUT2D eigenvalue weighted by Crippen LogP contribution is -2.02. The minimum absolute atomic E-state index is 0.0350. The van der Waals surface area contributed by atoms with Gasteiger partial charge in [-0.2, -0.15) is 0 Å². The summed E-state index contributed by atoms with van der Waals surface area (Å²) in [4.78, 5) is 4.32. The third-order valence-corrected chi connectivity index (χ3v) is 1.75. The van der Waals surface area contributed by atoms with Crippen molar-refractivity contribution in [2.24, 2.45) is 5.90 Å². The van der Waals surface area contributed by atoms with E-state index in [1.807, 2.05) is 0 Å². The molecule has 12 heavy (non-hydrogen) atoms. The fourth-order valence-corrected chi connectivity index (χ4v) is 1.29. The van der Waals surface area contributed by atoms with Crippen LogP contribution in [0.2, 0.25) is 5.02 Å². The molecule has 0 amide bonds. The first-order valence-corrected chi connectivity index (χ1v) is 3.79. The molecule has 1 aromatic rings. The highest BCUT2D eigenvalue weighted by molar-refractivity contribution is 6.30. The highest BCUT2D eigenvalue weighted by Crippen LogP contribution is 2.19. The molecule has 0 radical (unpaired) electrons. The molecule has 4 heteroatoms. The highest BCUT2D eigenvalue weighted by atomic mass is 35.5. The van der Waals surface area contributed by atoms with E-state index in [1.54, 1.807) is 13.0 Å². The topological polar surface area (TPSA) is 35.2 Å². The lowest BCUT2D eigenvalue weighted by molar-refractivity contribution is 0.121. The molecule has 0 saturated heterocycles. The minimum atomic E-state index is -0.315. The maximum Gasteiger partial charge on any atom is 0.131 e. The van der Waals surface area contributed by atoms with Crippen LogP contribution in [0.15, 0.2) is 12.1 Å². The number of hydrogen-bond donors (Lipinski definition) is 1. The van der Waals surface area contributed by atoms with Crippen molar-refractivity contribution in [3.63, 3.8) is 0 Å². The Morgan fingerprint density at radius 1 is 1.58 bits per heavy atom. The predicted molar refractivity (Wildman–Crippen MR) is 45.1 cm³/mol. The molecule has 0 aliphatic rings. The summed E-state index contributed by atoms with van der Waals surface area (Å²) in [6.07, 6.45) is 0. The average molecular weight is 190 g/mol. The van der Waals surface area contributed by atoms with Crippen molar-refractivity contribution in [1.29, 1.82) is 0 Å². The van der Waals surface area contributed by atoms with Gasteiger partial charge in [0.15, 0.2) is 0 Å². The quantitative estimate of drug-likeness (QED) is 0.724. The molecule has 0 fully saturated rings. The molecule has 0 aliphatic carbocycles. The maximum atomic E-state index is 13.2. The van der Waals surface area contributed by atoms with Crippen LogP contribution in [0.1, 0.15) is 11.1 Å². The smallest absolute Gasteiger partial charge is 0.131 e. The molecule has 0 heterocycles. The van der Waals surface area contributed by atoms with Crippen molar-refractivity contribution >= 4 is 11.6 Å². The van der Waals surface area contributed by atoms with E-state index in [9.17, 15) is 4.39 Å². The zero-order valence-electron chi connectivity index (χ0n) is 6.60. The fraction of sp³-hybridized carbons (Fsp3) is 0.250. The Bertz CT molecular complexity index is 291. The third-order valence-electron chi connectivity index (χ3n) is 1.53. The summed E-state index contributed by atoms with van der Waals surface area (Å²) in [5.74, 6) is 4.50. The van der Waals surface area contributed by atoms with Gasteiger partial charge in [-0.3, -0.25) is 4.84 Å². The molecule has 2 nitrogen and oxygen atoms in total. The van der Waals surface area contributed by atoms with Gasteiger partial charge in [-0.15, -0.1) is 0 Å². The van der Waals surface area contributed by atoms with Gasteiger partial charge in [-0.25, -0.2) is 10.3 Å². The Balaban J connectivity index is 3.09. The van der Waals surface area contributed by atoms with E-state index in [1.165, 1.54) is 6.07 Å². The van der Waals surface area contributed by atoms with Gasteiger partial charge in [0, 0.05) is 10.6 Å². The Morgan fingerprint density at radius 3 is 2.83 bits per heavy atom. The van der Waals surface area contributed by atoms with Crippen molar-refractivity contribution < 1.29 is 9.23 Å². The molecule has 0 atom stereocenters. The summed E-state index contributed by atoms with van der Waals surface area (Å²) in [6, 6.07) is 3.05. The number of hydrogen-bond acceptors (Lipinski definition) is 2. The second-order valence-corrected chi connectivity index (χ2v) is 2.94. The van der Waals surface area contributed by atoms with Crippen LogP contribution >= 0.6 is 11.6 Å². The Kier molecular flexibility index (Phi) is 3.03. The lowest BCUT2D eigenvalue weighted by Gasteiger charge is -2.04. The summed E-state index contributed by atoms with van der Waals surface area (Å²) >= 11 is 5.69. The van der Waals surface area contributed by atoms with Crippen molar-refractivity contribution in [2.45, 2.75) is 13.5 Å². The molecular weight excluding hydrogens is 181 g/mol. The molecule has 2 N–H and O–H groups in total. The van der Waals surface area contributed by atoms with Crippen LogP contribution in [0.25, 0.3) is 0 Å². The second kappa shape index (κ2) is 3.85. The van der Waals surface area contributed by atoms with E-state index < -0.39 is 0 Å². The average Bonchev–Trinajstić information content (AvgIpc) is 2.00. The minimum Gasteiger partial charge on any atom is -0.300 e. The van der Waals surface area contributed by atoms with Gasteiger partial charge in [0.25, 0.3) is 0 Å². The molecule has 0 spiro atoms. The van der Waals surface area contributed by atoms with Crippen LogP contribution in [0.3, 0.4) is 0 Å². The van der Waals surface area contributed by atoms with Crippen molar-refractivity contribution in [3.05, 3.63) is 34.1 Å². The first-order chi connectivity index (χ1) is 5.65. The van der Waals surface area contributed by atoms with E-state index in [2.05, 4.69) is 4.84 Å². The van der Waals surface area contributed by atoms with Gasteiger partial charge in [-0.05, 0) is 24.6 Å². The Morgan fingerprint density at radius 2 is 2.25 bits per heavy atom. The van der Waals surface area contributed by atoms with Crippen LogP contribution in [-0.2, 0) is 11.4 Å². The van der Waals surface area contributed by atoms with Crippen LogP contribution in [0.4, 0.5) is 4.39 Å². The standard InChI is InChI=1S/C8H9ClFNO/c1-5-2-7(9)3-6(4-12-11)8(5)10/h2-3H,4,11H2,1H3. The van der Waals surface area contributed by atoms with E-state index >= 15 is 0 Å². The summed E-state index contributed by atoms with van der Waals surface area (Å²) < 4.78 is 13.2. The van der Waals surface area contributed by atoms with Gasteiger partial charge in [-0.1, -0.05) is 11.6 Å². The fourth-order valence-electron chi connectivity index (χ4n) is 0.990. The molecular formula is C8H9ClFNO. The summed E-state index contributed by atoms with van der Waals surface area (Å²) in [7, 11) is 0. The Labute approximate surface area is 75.0 Å². The Hall–Kier alpha value is -0.640. The van der Waals surface area contributed by atoms with Crippen LogP contribution < -0.4 is 5.90 Å². The molecule has 0 aromatic heterocycles. The van der Waals surface area contributed by atoms with Crippen LogP contribution in [0.5, 0.6) is 0 Å². The number of halogens is 2. The zero-order valence-corrected chi connectivity index (χ0v) is 7.36. The van der Waals surface area contributed by atoms with Crippen molar-refractivity contribution in [2.75, 3.05) is 0 Å². The maximum absolute atomic E-state index is 13.2. The highest BCUT2D eigenvalue weighted by Gasteiger charge is 2.06. The lowest BCUT2D eigenvalue weighted by atomic mass is 10.1. The van der Waals surface area contributed by atoms with Crippen LogP contribution in [-0.4, -0.2) is 0 Å². The SMILES string of the molecule is Cc1cc(Cl)cc(CON)c1F. The predicted octanol–water partition coefficient (Wildman–Crippen LogP) is 2.18. The summed E-state index contributed by atoms with van der Waals surface area (Å²) in [5, 5.41) is 0.487. The molecule has 0 unspecified atom stereocenters. The normalized spacial score (nSPS) is 10.3. The van der Waals surface area contributed by atoms with E-state index in [-0.39, 0.29) is 12.4 Å². The van der Waals surface area contributed by atoms with Gasteiger partial charge >= 0.3 is 0 Å². The second-order valence-electron chi connectivity index (χ2n) is 2.51. The van der Waals surface area contributed by atoms with E-state index in [0.717, 1.165) is 0 Å². The van der Waals surface area contributed by atoms with Gasteiger partial charge in [0.05, 0.1) is 6.61 Å². The first kappa shape index (κ1) is 9.45. The first-order valence-electron chi connectivity index (χ1n) is 3.41. The number of rotatable bonds is 2. The summed E-state index contributed by atoms with van der Waals surface area (Å²) in [6.45, 7) is 1.68. The summed E-state index contributed by atoms with van der Waals surface area (Å²) in [5.41, 5.74) is 0.872. The van der Waals surface area contributed by atoms with Crippen molar-refractivity contribution in [3.8, 4) is 0 Å². The van der Waals surface area contributed by atoms with Gasteiger partial charge < -0.3 is 0 Å². The number of aryl methyl sites for hydroxylation is 1. The molecule has 0 bridgehead atoms. The number of nitrogens with two attached hydrogens (primary N) is 1. The molecule has 1 aromatic carbocycles. The molecule has 66 valence electrons. The molecule has 0 saturated carbocycles. The molecule has 0 aliphatic heterocycles.